The Bertz CT molecular complexity index is 131. The summed E-state index contributed by atoms with van der Waals surface area (Å²) in [5, 5.41) is 19.4. The van der Waals surface area contributed by atoms with Crippen LogP contribution in [0, 0.1) is 0 Å². The molecule has 0 aliphatic carbocycles. The Labute approximate surface area is 67.4 Å². The largest absolute Gasteiger partial charge is 2.00 e. The minimum atomic E-state index is -1.40. The number of ether oxygens (including phenoxy) is 1. The van der Waals surface area contributed by atoms with Crippen molar-refractivity contribution < 1.29 is 36.2 Å². The first-order valence-corrected chi connectivity index (χ1v) is 2.07. The second kappa shape index (κ2) is 6.23. The molecule has 0 aromatic rings. The zero-order valence-corrected chi connectivity index (χ0v) is 5.80. The minimum absolute atomic E-state index is 0. The molecule has 0 unspecified atom stereocenters. The van der Waals surface area contributed by atoms with Gasteiger partial charge >= 0.3 is 16.5 Å². The van der Waals surface area contributed by atoms with Crippen LogP contribution < -0.4 is 15.9 Å². The maximum Gasteiger partial charge on any atom is 2.00 e. The summed E-state index contributed by atoms with van der Waals surface area (Å²) >= 11 is 0. The van der Waals surface area contributed by atoms with E-state index >= 15 is 0 Å². The third-order valence-electron chi connectivity index (χ3n) is 0.401. The molecule has 0 aliphatic heterocycles. The second-order valence-electron chi connectivity index (χ2n) is 1.20. The molecule has 0 aromatic carbocycles. The molecule has 0 aliphatic rings. The molecule has 0 fully saturated rings. The van der Waals surface area contributed by atoms with Crippen LogP contribution >= 0.6 is 0 Å². The van der Waals surface area contributed by atoms with Crippen LogP contribution in [0.25, 0.3) is 0 Å². The first-order valence-electron chi connectivity index (χ1n) is 2.07. The summed E-state index contributed by atoms with van der Waals surface area (Å²) in [5.74, 6) is -2.22. The van der Waals surface area contributed by atoms with Gasteiger partial charge in [0.15, 0.2) is 0 Å². The van der Waals surface area contributed by atoms with Gasteiger partial charge in [0.25, 0.3) is 0 Å². The zero-order valence-electron chi connectivity index (χ0n) is 4.81. The molecule has 0 bridgehead atoms. The summed E-state index contributed by atoms with van der Waals surface area (Å²) < 4.78 is 4.09. The van der Waals surface area contributed by atoms with E-state index < -0.39 is 18.5 Å². The normalized spacial score (nSPS) is 9.80. The van der Waals surface area contributed by atoms with Gasteiger partial charge in [0.2, 0.25) is 0 Å². The number of aliphatic carboxylic acids is 1. The summed E-state index contributed by atoms with van der Waals surface area (Å²) in [6.07, 6.45) is 0.607. The van der Waals surface area contributed by atoms with Crippen LogP contribution in [0.5, 0.6) is 0 Å². The molecule has 0 rings (SSSR count). The minimum Gasteiger partial charge on any atom is -0.858 e. The number of hydrogen-bond donors (Lipinski definition) is 1. The van der Waals surface area contributed by atoms with Crippen molar-refractivity contribution in [3.63, 3.8) is 0 Å². The van der Waals surface area contributed by atoms with E-state index in [-0.39, 0.29) is 16.5 Å². The van der Waals surface area contributed by atoms with Crippen molar-refractivity contribution in [2.45, 2.75) is 0 Å². The number of nitrogens with two attached hydrogens (primary N) is 1. The van der Waals surface area contributed by atoms with E-state index in [0.717, 1.165) is 0 Å². The molecular formula is C4H5NNiO4. The standard InChI is InChI=1S/C4H7NO4.Ni/c5-3(6)1-9-2-4(7)8;/h1,6H,2,5H2,(H,7,8);/q;+2/p-2/b3-1+;. The summed E-state index contributed by atoms with van der Waals surface area (Å²) in [4.78, 5) is 9.57. The molecule has 0 heterocycles. The van der Waals surface area contributed by atoms with Crippen LogP contribution in [0.2, 0.25) is 0 Å². The maximum absolute atomic E-state index is 9.81. The molecule has 0 radical (unpaired) electrons. The first-order chi connectivity index (χ1) is 4.13. The van der Waals surface area contributed by atoms with Gasteiger partial charge in [-0.1, -0.05) is 0 Å². The number of carbonyl (C=O) groups is 1. The second-order valence-corrected chi connectivity index (χ2v) is 1.20. The van der Waals surface area contributed by atoms with Crippen molar-refractivity contribution >= 4 is 5.97 Å². The molecule has 0 spiro atoms. The molecule has 0 saturated heterocycles. The van der Waals surface area contributed by atoms with E-state index in [1.54, 1.807) is 0 Å². The molecular weight excluding hydrogens is 185 g/mol. The van der Waals surface area contributed by atoms with Gasteiger partial charge in [-0.2, -0.15) is 0 Å². The van der Waals surface area contributed by atoms with E-state index in [0.29, 0.717) is 6.26 Å². The average molecular weight is 190 g/mol. The number of carbonyl (C=O) groups excluding carboxylic acids is 1. The van der Waals surface area contributed by atoms with Gasteiger partial charge in [0, 0.05) is 0 Å². The Kier molecular flexibility index (Phi) is 7.38. The fourth-order valence-corrected chi connectivity index (χ4v) is 0.192. The van der Waals surface area contributed by atoms with Gasteiger partial charge in [-0.25, -0.2) is 0 Å². The van der Waals surface area contributed by atoms with Gasteiger partial charge in [-0.05, 0) is 5.88 Å². The first kappa shape index (κ1) is 11.8. The SMILES string of the molecule is N/C([O-])=C\OCC(=O)[O-].[Ni+2]. The van der Waals surface area contributed by atoms with E-state index in [1.165, 1.54) is 0 Å². The fourth-order valence-electron chi connectivity index (χ4n) is 0.192. The predicted molar refractivity (Wildman–Crippen MR) is 23.2 cm³/mol. The van der Waals surface area contributed by atoms with Crippen molar-refractivity contribution in [2.75, 3.05) is 6.61 Å². The Morgan fingerprint density at radius 2 is 2.10 bits per heavy atom. The van der Waals surface area contributed by atoms with Crippen LogP contribution in [0.4, 0.5) is 0 Å². The van der Waals surface area contributed by atoms with Gasteiger partial charge in [-0.15, -0.1) is 0 Å². The summed E-state index contributed by atoms with van der Waals surface area (Å²) in [5.41, 5.74) is 4.55. The Morgan fingerprint density at radius 3 is 2.40 bits per heavy atom. The smallest absolute Gasteiger partial charge is 0.858 e. The van der Waals surface area contributed by atoms with Gasteiger partial charge in [0.1, 0.15) is 6.61 Å². The third-order valence-corrected chi connectivity index (χ3v) is 0.401. The molecule has 2 N–H and O–H groups in total. The number of hydrogen-bond acceptors (Lipinski definition) is 5. The van der Waals surface area contributed by atoms with Crippen LogP contribution in [-0.4, -0.2) is 12.6 Å². The van der Waals surface area contributed by atoms with Crippen molar-refractivity contribution in [2.24, 2.45) is 5.73 Å². The van der Waals surface area contributed by atoms with Gasteiger partial charge in [0.05, 0.1) is 12.2 Å². The molecule has 6 heteroatoms. The number of rotatable bonds is 3. The molecule has 0 amide bonds. The van der Waals surface area contributed by atoms with Crippen molar-refractivity contribution in [3.05, 3.63) is 12.1 Å². The van der Waals surface area contributed by atoms with Crippen LogP contribution in [0.1, 0.15) is 0 Å². The molecule has 10 heavy (non-hydrogen) atoms. The number of carboxylic acids is 1. The maximum atomic E-state index is 9.81. The van der Waals surface area contributed by atoms with Crippen LogP contribution in [0.15, 0.2) is 12.1 Å². The zero-order chi connectivity index (χ0) is 7.28. The summed E-state index contributed by atoms with van der Waals surface area (Å²) in [6.45, 7) is -0.650. The van der Waals surface area contributed by atoms with E-state index in [2.05, 4.69) is 10.5 Å². The molecule has 5 nitrogen and oxygen atoms in total. The monoisotopic (exact) mass is 189 g/mol. The predicted octanol–water partition coefficient (Wildman–Crippen LogP) is -3.13. The van der Waals surface area contributed by atoms with Crippen molar-refractivity contribution in [1.29, 1.82) is 0 Å². The van der Waals surface area contributed by atoms with Gasteiger partial charge in [-0.3, -0.25) is 0 Å². The Hall–Kier alpha value is -0.896. The van der Waals surface area contributed by atoms with Crippen molar-refractivity contribution in [1.82, 2.24) is 0 Å². The fraction of sp³-hybridized carbons (Fsp3) is 0.250. The third kappa shape index (κ3) is 10.2. The quantitative estimate of drug-likeness (QED) is 0.374. The molecule has 0 saturated carbocycles. The molecule has 0 atom stereocenters. The van der Waals surface area contributed by atoms with Crippen LogP contribution in [-0.2, 0) is 26.0 Å². The summed E-state index contributed by atoms with van der Waals surface area (Å²) in [7, 11) is 0. The molecule has 0 aromatic heterocycles. The Balaban J connectivity index is 0. The molecule has 60 valence electrons. The van der Waals surface area contributed by atoms with Crippen molar-refractivity contribution in [3.8, 4) is 0 Å². The van der Waals surface area contributed by atoms with E-state index in [1.807, 2.05) is 0 Å². The topological polar surface area (TPSA) is 98.4 Å². The van der Waals surface area contributed by atoms with E-state index in [9.17, 15) is 15.0 Å². The van der Waals surface area contributed by atoms with E-state index in [4.69, 9.17) is 0 Å². The Morgan fingerprint density at radius 1 is 1.60 bits per heavy atom. The van der Waals surface area contributed by atoms with Gasteiger partial charge < -0.3 is 25.5 Å². The number of carboxylic acid groups (broad SMARTS) is 1. The van der Waals surface area contributed by atoms with Crippen LogP contribution in [0.3, 0.4) is 0 Å². The average Bonchev–Trinajstić information content (AvgIpc) is 1.63. The summed E-state index contributed by atoms with van der Waals surface area (Å²) in [6, 6.07) is 0.